The summed E-state index contributed by atoms with van der Waals surface area (Å²) in [5.74, 6) is 0.548. The number of hydrogen-bond acceptors (Lipinski definition) is 4. The SMILES string of the molecule is COc1ccc(C(C#N)(CCC#N)c2ncc(C(F)(F)F)cc2Cl)cc1. The molecule has 0 aliphatic rings. The number of ether oxygens (including phenoxy) is 1. The molecule has 0 amide bonds. The molecular formula is C18H13ClF3N3O. The van der Waals surface area contributed by atoms with Crippen molar-refractivity contribution >= 4 is 11.6 Å². The Bertz CT molecular complexity index is 869. The largest absolute Gasteiger partial charge is 0.497 e. The van der Waals surface area contributed by atoms with Crippen molar-refractivity contribution in [2.75, 3.05) is 7.11 Å². The minimum atomic E-state index is -4.60. The van der Waals surface area contributed by atoms with E-state index < -0.39 is 17.2 Å². The normalized spacial score (nSPS) is 13.3. The number of benzene rings is 1. The molecule has 0 aliphatic heterocycles. The first-order valence-electron chi connectivity index (χ1n) is 7.44. The van der Waals surface area contributed by atoms with E-state index in [0.717, 1.165) is 6.07 Å². The number of methoxy groups -OCH3 is 1. The summed E-state index contributed by atoms with van der Waals surface area (Å²) in [5, 5.41) is 18.5. The highest BCUT2D eigenvalue weighted by molar-refractivity contribution is 6.31. The number of alkyl halides is 3. The third-order valence-electron chi connectivity index (χ3n) is 3.96. The average molecular weight is 380 g/mol. The highest BCUT2D eigenvalue weighted by Gasteiger charge is 2.39. The Morgan fingerprint density at radius 2 is 1.81 bits per heavy atom. The minimum absolute atomic E-state index is 0.00137. The smallest absolute Gasteiger partial charge is 0.417 e. The molecule has 0 saturated heterocycles. The minimum Gasteiger partial charge on any atom is -0.497 e. The summed E-state index contributed by atoms with van der Waals surface area (Å²) >= 11 is 6.06. The Balaban J connectivity index is 2.64. The molecule has 0 saturated carbocycles. The maximum absolute atomic E-state index is 12.9. The van der Waals surface area contributed by atoms with Crippen molar-refractivity contribution in [1.29, 1.82) is 10.5 Å². The molecule has 0 bridgehead atoms. The zero-order valence-corrected chi connectivity index (χ0v) is 14.4. The van der Waals surface area contributed by atoms with Gasteiger partial charge in [0.25, 0.3) is 0 Å². The van der Waals surface area contributed by atoms with Gasteiger partial charge in [-0.25, -0.2) is 0 Å². The van der Waals surface area contributed by atoms with Crippen LogP contribution in [0.2, 0.25) is 5.02 Å². The molecule has 0 aliphatic carbocycles. The molecule has 0 spiro atoms. The highest BCUT2D eigenvalue weighted by Crippen LogP contribution is 2.41. The zero-order chi connectivity index (χ0) is 19.4. The van der Waals surface area contributed by atoms with Crippen molar-refractivity contribution in [1.82, 2.24) is 4.98 Å². The van der Waals surface area contributed by atoms with Crippen LogP contribution >= 0.6 is 11.6 Å². The number of rotatable bonds is 5. The highest BCUT2D eigenvalue weighted by atomic mass is 35.5. The fourth-order valence-electron chi connectivity index (χ4n) is 2.60. The van der Waals surface area contributed by atoms with E-state index >= 15 is 0 Å². The first-order chi connectivity index (χ1) is 12.3. The molecule has 0 N–H and O–H groups in total. The molecule has 0 radical (unpaired) electrons. The molecule has 26 heavy (non-hydrogen) atoms. The second kappa shape index (κ2) is 7.63. The van der Waals surface area contributed by atoms with Crippen LogP contribution in [0.4, 0.5) is 13.2 Å². The fourth-order valence-corrected chi connectivity index (χ4v) is 2.93. The van der Waals surface area contributed by atoms with Gasteiger partial charge >= 0.3 is 6.18 Å². The van der Waals surface area contributed by atoms with Gasteiger partial charge in [0.1, 0.15) is 11.2 Å². The molecule has 1 heterocycles. The number of aromatic nitrogens is 1. The van der Waals surface area contributed by atoms with E-state index in [-0.39, 0.29) is 23.6 Å². The van der Waals surface area contributed by atoms with E-state index in [9.17, 15) is 18.4 Å². The van der Waals surface area contributed by atoms with Crippen molar-refractivity contribution in [3.63, 3.8) is 0 Å². The zero-order valence-electron chi connectivity index (χ0n) is 13.6. The van der Waals surface area contributed by atoms with Gasteiger partial charge in [-0.2, -0.15) is 23.7 Å². The molecule has 0 fully saturated rings. The Morgan fingerprint density at radius 1 is 1.15 bits per heavy atom. The van der Waals surface area contributed by atoms with Crippen LogP contribution in [0.5, 0.6) is 5.75 Å². The molecule has 1 aromatic heterocycles. The predicted octanol–water partition coefficient (Wildman–Crippen LogP) is 4.88. The van der Waals surface area contributed by atoms with Crippen molar-refractivity contribution in [2.45, 2.75) is 24.4 Å². The summed E-state index contributed by atoms with van der Waals surface area (Å²) in [7, 11) is 1.48. The summed E-state index contributed by atoms with van der Waals surface area (Å²) in [4.78, 5) is 3.84. The molecule has 2 rings (SSSR count). The number of nitriles is 2. The van der Waals surface area contributed by atoms with Crippen molar-refractivity contribution < 1.29 is 17.9 Å². The van der Waals surface area contributed by atoms with E-state index in [1.807, 2.05) is 6.07 Å². The maximum Gasteiger partial charge on any atom is 0.417 e. The Kier molecular flexibility index (Phi) is 5.74. The van der Waals surface area contributed by atoms with Gasteiger partial charge < -0.3 is 4.74 Å². The Hall–Kier alpha value is -2.77. The van der Waals surface area contributed by atoms with E-state index in [1.54, 1.807) is 24.3 Å². The van der Waals surface area contributed by atoms with E-state index in [4.69, 9.17) is 21.6 Å². The molecule has 1 atom stereocenters. The lowest BCUT2D eigenvalue weighted by atomic mass is 9.75. The monoisotopic (exact) mass is 379 g/mol. The fraction of sp³-hybridized carbons (Fsp3) is 0.278. The Morgan fingerprint density at radius 3 is 2.27 bits per heavy atom. The standard InChI is InChI=1S/C18H13ClF3N3O/c1-26-14-5-3-12(4-6-14)17(11-24,7-2-8-23)16-15(19)9-13(10-25-16)18(20,21)22/h3-6,9-10H,2,7H2,1H3. The molecular weight excluding hydrogens is 367 g/mol. The number of halogens is 4. The maximum atomic E-state index is 12.9. The third-order valence-corrected chi connectivity index (χ3v) is 4.25. The second-order valence-electron chi connectivity index (χ2n) is 5.46. The summed E-state index contributed by atoms with van der Waals surface area (Å²) in [6, 6.07) is 11.2. The molecule has 2 aromatic rings. The summed E-state index contributed by atoms with van der Waals surface area (Å²) in [6.45, 7) is 0. The van der Waals surface area contributed by atoms with Crippen LogP contribution in [0.1, 0.15) is 29.7 Å². The topological polar surface area (TPSA) is 69.7 Å². The van der Waals surface area contributed by atoms with Crippen molar-refractivity contribution in [3.8, 4) is 17.9 Å². The van der Waals surface area contributed by atoms with Crippen LogP contribution in [-0.2, 0) is 11.6 Å². The van der Waals surface area contributed by atoms with Crippen LogP contribution in [0, 0.1) is 22.7 Å². The first-order valence-corrected chi connectivity index (χ1v) is 7.82. The van der Waals surface area contributed by atoms with Gasteiger partial charge in [-0.3, -0.25) is 4.98 Å². The summed E-state index contributed by atoms with van der Waals surface area (Å²) in [6.07, 6.45) is -3.93. The molecule has 4 nitrogen and oxygen atoms in total. The van der Waals surface area contributed by atoms with Crippen molar-refractivity contribution in [2.24, 2.45) is 0 Å². The first kappa shape index (κ1) is 19.6. The van der Waals surface area contributed by atoms with Crippen LogP contribution in [0.3, 0.4) is 0 Å². The van der Waals surface area contributed by atoms with Crippen LogP contribution < -0.4 is 4.74 Å². The van der Waals surface area contributed by atoms with Gasteiger partial charge in [-0.1, -0.05) is 23.7 Å². The molecule has 134 valence electrons. The van der Waals surface area contributed by atoms with Gasteiger partial charge in [0.05, 0.1) is 35.5 Å². The molecule has 8 heteroatoms. The van der Waals surface area contributed by atoms with E-state index in [1.165, 1.54) is 7.11 Å². The number of nitrogens with zero attached hydrogens (tertiary/aromatic N) is 3. The Labute approximate surface area is 153 Å². The van der Waals surface area contributed by atoms with Gasteiger partial charge in [0, 0.05) is 12.6 Å². The number of hydrogen-bond donors (Lipinski definition) is 0. The van der Waals surface area contributed by atoms with Gasteiger partial charge in [0.2, 0.25) is 0 Å². The van der Waals surface area contributed by atoms with Gasteiger partial charge in [0.15, 0.2) is 0 Å². The predicted molar refractivity (Wildman–Crippen MR) is 88.5 cm³/mol. The average Bonchev–Trinajstić information content (AvgIpc) is 2.63. The van der Waals surface area contributed by atoms with Crippen molar-refractivity contribution in [3.05, 3.63) is 58.4 Å². The van der Waals surface area contributed by atoms with E-state index in [2.05, 4.69) is 11.1 Å². The number of pyridine rings is 1. The molecule has 1 aromatic carbocycles. The third kappa shape index (κ3) is 3.74. The summed E-state index contributed by atoms with van der Waals surface area (Å²) < 4.78 is 43.7. The molecule has 1 unspecified atom stereocenters. The summed E-state index contributed by atoms with van der Waals surface area (Å²) in [5.41, 5.74) is -2.02. The van der Waals surface area contributed by atoms with Gasteiger partial charge in [-0.15, -0.1) is 0 Å². The quantitative estimate of drug-likeness (QED) is 0.742. The van der Waals surface area contributed by atoms with Crippen LogP contribution in [0.15, 0.2) is 36.5 Å². The second-order valence-corrected chi connectivity index (χ2v) is 5.86. The lowest BCUT2D eigenvalue weighted by Gasteiger charge is -2.27. The lowest BCUT2D eigenvalue weighted by Crippen LogP contribution is -2.28. The van der Waals surface area contributed by atoms with Gasteiger partial charge in [-0.05, 0) is 30.2 Å². The van der Waals surface area contributed by atoms with E-state index in [0.29, 0.717) is 17.5 Å². The van der Waals surface area contributed by atoms with Crippen LogP contribution in [-0.4, -0.2) is 12.1 Å². The lowest BCUT2D eigenvalue weighted by molar-refractivity contribution is -0.137. The van der Waals surface area contributed by atoms with Crippen LogP contribution in [0.25, 0.3) is 0 Å².